The van der Waals surface area contributed by atoms with E-state index in [4.69, 9.17) is 4.74 Å². The lowest BCUT2D eigenvalue weighted by atomic mass is 10.1. The van der Waals surface area contributed by atoms with Gasteiger partial charge in [0.2, 0.25) is 5.78 Å². The largest absolute Gasteiger partial charge is 0.469 e. The van der Waals surface area contributed by atoms with Gasteiger partial charge >= 0.3 is 11.9 Å². The molecule has 6 nitrogen and oxygen atoms in total. The van der Waals surface area contributed by atoms with Crippen molar-refractivity contribution in [3.63, 3.8) is 0 Å². The fourth-order valence-electron chi connectivity index (χ4n) is 3.06. The number of rotatable bonds is 7. The molecule has 1 aromatic carbocycles. The first-order valence-electron chi connectivity index (χ1n) is 8.75. The van der Waals surface area contributed by atoms with Crippen molar-refractivity contribution >= 4 is 17.7 Å². The zero-order valence-electron chi connectivity index (χ0n) is 16.4. The Labute approximate surface area is 159 Å². The van der Waals surface area contributed by atoms with Crippen LogP contribution in [-0.2, 0) is 20.8 Å². The van der Waals surface area contributed by atoms with Crippen molar-refractivity contribution in [2.75, 3.05) is 13.7 Å². The number of esters is 2. The molecule has 6 heteroatoms. The lowest BCUT2D eigenvalue weighted by Gasteiger charge is -2.09. The predicted octanol–water partition coefficient (Wildman–Crippen LogP) is 3.32. The Morgan fingerprint density at radius 3 is 2.33 bits per heavy atom. The van der Waals surface area contributed by atoms with E-state index in [1.165, 1.54) is 7.11 Å². The third-order valence-electron chi connectivity index (χ3n) is 4.58. The van der Waals surface area contributed by atoms with Crippen LogP contribution in [0.25, 0.3) is 0 Å². The van der Waals surface area contributed by atoms with Crippen LogP contribution >= 0.6 is 0 Å². The van der Waals surface area contributed by atoms with E-state index in [1.54, 1.807) is 12.1 Å². The Hall–Kier alpha value is -2.89. The Morgan fingerprint density at radius 2 is 1.70 bits per heavy atom. The zero-order chi connectivity index (χ0) is 20.1. The molecule has 0 radical (unpaired) electrons. The van der Waals surface area contributed by atoms with Gasteiger partial charge in [-0.15, -0.1) is 0 Å². The fraction of sp³-hybridized carbons (Fsp3) is 0.381. The summed E-state index contributed by atoms with van der Waals surface area (Å²) in [6.07, 6.45) is 0.224. The Bertz CT molecular complexity index is 879. The lowest BCUT2D eigenvalue weighted by molar-refractivity contribution is -0.140. The molecular formula is C21H25NO5. The van der Waals surface area contributed by atoms with Crippen LogP contribution in [0.3, 0.4) is 0 Å². The summed E-state index contributed by atoms with van der Waals surface area (Å²) in [5, 5.41) is 0. The first-order valence-corrected chi connectivity index (χ1v) is 8.75. The van der Waals surface area contributed by atoms with E-state index in [2.05, 4.69) is 4.74 Å². The van der Waals surface area contributed by atoms with Gasteiger partial charge in [-0.25, -0.2) is 4.79 Å². The highest BCUT2D eigenvalue weighted by Crippen LogP contribution is 2.17. The van der Waals surface area contributed by atoms with E-state index in [9.17, 15) is 14.4 Å². The average molecular weight is 371 g/mol. The van der Waals surface area contributed by atoms with Crippen LogP contribution in [-0.4, -0.2) is 36.0 Å². The quantitative estimate of drug-likeness (QED) is 0.551. The molecule has 0 bridgehead atoms. The molecule has 1 aromatic heterocycles. The number of benzene rings is 1. The number of aryl methyl sites for hydroxylation is 3. The van der Waals surface area contributed by atoms with Crippen molar-refractivity contribution in [1.29, 1.82) is 0 Å². The standard InChI is InChI=1S/C21H25NO5/c1-13-6-7-17(14(2)10-13)21(25)27-12-19(23)18-11-15(3)22(16(18)4)9-8-20(24)26-5/h6-7,10-11H,8-9,12H2,1-5H3. The molecule has 1 heterocycles. The zero-order valence-corrected chi connectivity index (χ0v) is 16.4. The third-order valence-corrected chi connectivity index (χ3v) is 4.58. The van der Waals surface area contributed by atoms with Crippen LogP contribution in [0, 0.1) is 27.7 Å². The second-order valence-corrected chi connectivity index (χ2v) is 6.58. The van der Waals surface area contributed by atoms with Crippen molar-refractivity contribution in [2.45, 2.75) is 40.7 Å². The van der Waals surface area contributed by atoms with Crippen molar-refractivity contribution in [3.8, 4) is 0 Å². The number of ether oxygens (including phenoxy) is 2. The number of nitrogens with zero attached hydrogens (tertiary/aromatic N) is 1. The minimum absolute atomic E-state index is 0.224. The number of carbonyl (C=O) groups is 3. The summed E-state index contributed by atoms with van der Waals surface area (Å²) in [6.45, 7) is 7.56. The molecule has 0 aliphatic heterocycles. The van der Waals surface area contributed by atoms with Crippen molar-refractivity contribution < 1.29 is 23.9 Å². The maximum atomic E-state index is 12.5. The topological polar surface area (TPSA) is 74.6 Å². The number of Topliss-reactive ketones (excluding diaryl/α,β-unsaturated/α-hetero) is 1. The van der Waals surface area contributed by atoms with Crippen LogP contribution in [0.5, 0.6) is 0 Å². The number of hydrogen-bond acceptors (Lipinski definition) is 5. The minimum atomic E-state index is -0.514. The van der Waals surface area contributed by atoms with Crippen LogP contribution in [0.15, 0.2) is 24.3 Å². The summed E-state index contributed by atoms with van der Waals surface area (Å²) in [5.41, 5.74) is 4.42. The second kappa shape index (κ2) is 8.66. The molecule has 0 amide bonds. The van der Waals surface area contributed by atoms with Gasteiger partial charge in [0.05, 0.1) is 19.1 Å². The first kappa shape index (κ1) is 20.4. The first-order chi connectivity index (χ1) is 12.7. The fourth-order valence-corrected chi connectivity index (χ4v) is 3.06. The number of aromatic nitrogens is 1. The van der Waals surface area contributed by atoms with E-state index in [1.807, 2.05) is 44.4 Å². The average Bonchev–Trinajstić information content (AvgIpc) is 2.91. The highest BCUT2D eigenvalue weighted by molar-refractivity contribution is 6.00. The van der Waals surface area contributed by atoms with Crippen LogP contribution in [0.2, 0.25) is 0 Å². The smallest absolute Gasteiger partial charge is 0.338 e. The van der Waals surface area contributed by atoms with Gasteiger partial charge in [-0.05, 0) is 45.4 Å². The number of ketones is 1. The van der Waals surface area contributed by atoms with Gasteiger partial charge in [-0.1, -0.05) is 17.7 Å². The molecule has 2 aromatic rings. The normalized spacial score (nSPS) is 10.6. The minimum Gasteiger partial charge on any atom is -0.469 e. The molecular weight excluding hydrogens is 346 g/mol. The van der Waals surface area contributed by atoms with Gasteiger partial charge in [-0.2, -0.15) is 0 Å². The molecule has 0 saturated heterocycles. The summed E-state index contributed by atoms with van der Waals surface area (Å²) in [4.78, 5) is 36.1. The molecule has 0 spiro atoms. The van der Waals surface area contributed by atoms with Crippen LogP contribution < -0.4 is 0 Å². The maximum Gasteiger partial charge on any atom is 0.338 e. The summed E-state index contributed by atoms with van der Waals surface area (Å²) in [6, 6.07) is 7.18. The molecule has 27 heavy (non-hydrogen) atoms. The summed E-state index contributed by atoms with van der Waals surface area (Å²) in [7, 11) is 1.34. The lowest BCUT2D eigenvalue weighted by Crippen LogP contribution is -2.16. The molecule has 0 aliphatic rings. The van der Waals surface area contributed by atoms with Crippen LogP contribution in [0.1, 0.15) is 49.7 Å². The van der Waals surface area contributed by atoms with Gasteiger partial charge in [0.15, 0.2) is 6.61 Å². The van der Waals surface area contributed by atoms with Crippen molar-refractivity contribution in [3.05, 3.63) is 57.9 Å². The van der Waals surface area contributed by atoms with E-state index < -0.39 is 5.97 Å². The molecule has 0 atom stereocenters. The van der Waals surface area contributed by atoms with Crippen LogP contribution in [0.4, 0.5) is 0 Å². The predicted molar refractivity (Wildman–Crippen MR) is 101 cm³/mol. The van der Waals surface area contributed by atoms with Gasteiger partial charge in [0, 0.05) is 23.5 Å². The highest BCUT2D eigenvalue weighted by Gasteiger charge is 2.19. The van der Waals surface area contributed by atoms with Gasteiger partial charge in [0.25, 0.3) is 0 Å². The van der Waals surface area contributed by atoms with Gasteiger partial charge in [-0.3, -0.25) is 9.59 Å². The van der Waals surface area contributed by atoms with Crippen molar-refractivity contribution in [1.82, 2.24) is 4.57 Å². The van der Waals surface area contributed by atoms with Crippen molar-refractivity contribution in [2.24, 2.45) is 0 Å². The summed E-state index contributed by atoms with van der Waals surface area (Å²) >= 11 is 0. The van der Waals surface area contributed by atoms with Gasteiger partial charge < -0.3 is 14.0 Å². The summed E-state index contributed by atoms with van der Waals surface area (Å²) < 4.78 is 11.8. The number of methoxy groups -OCH3 is 1. The Morgan fingerprint density at radius 1 is 1.00 bits per heavy atom. The van der Waals surface area contributed by atoms with E-state index in [0.717, 1.165) is 22.5 Å². The molecule has 0 saturated carbocycles. The molecule has 144 valence electrons. The molecule has 0 N–H and O–H groups in total. The number of hydrogen-bond donors (Lipinski definition) is 0. The number of carbonyl (C=O) groups excluding carboxylic acids is 3. The SMILES string of the molecule is COC(=O)CCn1c(C)cc(C(=O)COC(=O)c2ccc(C)cc2C)c1C. The third kappa shape index (κ3) is 4.84. The van der Waals surface area contributed by atoms with E-state index in [-0.39, 0.29) is 24.8 Å². The Kier molecular flexibility index (Phi) is 6.55. The molecule has 2 rings (SSSR count). The van der Waals surface area contributed by atoms with E-state index in [0.29, 0.717) is 17.7 Å². The van der Waals surface area contributed by atoms with E-state index >= 15 is 0 Å². The summed E-state index contributed by atoms with van der Waals surface area (Å²) in [5.74, 6) is -1.09. The maximum absolute atomic E-state index is 12.5. The molecule has 0 fully saturated rings. The Balaban J connectivity index is 2.05. The molecule has 0 aliphatic carbocycles. The monoisotopic (exact) mass is 371 g/mol. The second-order valence-electron chi connectivity index (χ2n) is 6.58. The van der Waals surface area contributed by atoms with Gasteiger partial charge in [0.1, 0.15) is 0 Å². The highest BCUT2D eigenvalue weighted by atomic mass is 16.5. The molecule has 0 unspecified atom stereocenters.